The first-order valence-electron chi connectivity index (χ1n) is 3.92. The second-order valence-corrected chi connectivity index (χ2v) is 4.34. The number of nitrogens with one attached hydrogen (secondary N) is 1. The Morgan fingerprint density at radius 3 is 2.85 bits per heavy atom. The lowest BCUT2D eigenvalue weighted by Crippen LogP contribution is -2.20. The Morgan fingerprint density at radius 2 is 2.31 bits per heavy atom. The SMILES string of the molecule is CN[C@@H](CO)c1cc(I)ccc1Cl. The zero-order chi connectivity index (χ0) is 9.84. The van der Waals surface area contributed by atoms with Crippen LogP contribution in [0.15, 0.2) is 18.2 Å². The van der Waals surface area contributed by atoms with E-state index in [0.29, 0.717) is 5.02 Å². The van der Waals surface area contributed by atoms with Gasteiger partial charge in [-0.2, -0.15) is 0 Å². The molecule has 0 fully saturated rings. The predicted octanol–water partition coefficient (Wildman–Crippen LogP) is 2.20. The van der Waals surface area contributed by atoms with E-state index in [1.165, 1.54) is 0 Å². The van der Waals surface area contributed by atoms with Gasteiger partial charge >= 0.3 is 0 Å². The molecule has 0 saturated carbocycles. The predicted molar refractivity (Wildman–Crippen MR) is 63.1 cm³/mol. The molecule has 2 nitrogen and oxygen atoms in total. The fourth-order valence-electron chi connectivity index (χ4n) is 1.13. The van der Waals surface area contributed by atoms with Crippen LogP contribution in [0.1, 0.15) is 11.6 Å². The van der Waals surface area contributed by atoms with Gasteiger partial charge in [0.05, 0.1) is 12.6 Å². The van der Waals surface area contributed by atoms with Crippen LogP contribution in [-0.2, 0) is 0 Å². The van der Waals surface area contributed by atoms with Crippen molar-refractivity contribution in [1.82, 2.24) is 5.32 Å². The molecule has 0 heterocycles. The second kappa shape index (κ2) is 5.14. The third kappa shape index (κ3) is 2.80. The smallest absolute Gasteiger partial charge is 0.0626 e. The molecule has 0 unspecified atom stereocenters. The number of rotatable bonds is 3. The number of aliphatic hydroxyl groups is 1. The van der Waals surface area contributed by atoms with Gasteiger partial charge in [0.25, 0.3) is 0 Å². The highest BCUT2D eigenvalue weighted by molar-refractivity contribution is 14.1. The summed E-state index contributed by atoms with van der Waals surface area (Å²) in [5.41, 5.74) is 0.943. The van der Waals surface area contributed by atoms with Crippen LogP contribution in [0.5, 0.6) is 0 Å². The van der Waals surface area contributed by atoms with Crippen molar-refractivity contribution in [1.29, 1.82) is 0 Å². The van der Waals surface area contributed by atoms with Crippen molar-refractivity contribution in [3.63, 3.8) is 0 Å². The highest BCUT2D eigenvalue weighted by Gasteiger charge is 2.11. The van der Waals surface area contributed by atoms with Gasteiger partial charge in [-0.05, 0) is 53.4 Å². The van der Waals surface area contributed by atoms with E-state index in [9.17, 15) is 0 Å². The molecule has 0 aliphatic heterocycles. The molecule has 0 amide bonds. The molecule has 0 radical (unpaired) electrons. The minimum Gasteiger partial charge on any atom is -0.394 e. The van der Waals surface area contributed by atoms with Crippen LogP contribution in [0.2, 0.25) is 5.02 Å². The summed E-state index contributed by atoms with van der Waals surface area (Å²) in [7, 11) is 1.80. The summed E-state index contributed by atoms with van der Waals surface area (Å²) in [6.07, 6.45) is 0. The molecule has 4 heteroatoms. The molecule has 0 aromatic heterocycles. The van der Waals surface area contributed by atoms with Crippen molar-refractivity contribution in [2.45, 2.75) is 6.04 Å². The summed E-state index contributed by atoms with van der Waals surface area (Å²) in [6, 6.07) is 5.68. The summed E-state index contributed by atoms with van der Waals surface area (Å²) in [4.78, 5) is 0. The molecule has 0 spiro atoms. The summed E-state index contributed by atoms with van der Waals surface area (Å²) < 4.78 is 1.12. The van der Waals surface area contributed by atoms with Crippen molar-refractivity contribution >= 4 is 34.2 Å². The van der Waals surface area contributed by atoms with Gasteiger partial charge < -0.3 is 10.4 Å². The van der Waals surface area contributed by atoms with E-state index >= 15 is 0 Å². The Kier molecular flexibility index (Phi) is 4.45. The number of halogens is 2. The van der Waals surface area contributed by atoms with E-state index in [1.807, 2.05) is 18.2 Å². The first-order chi connectivity index (χ1) is 6.19. The minimum absolute atomic E-state index is 0.0519. The standard InChI is InChI=1S/C9H11ClINO/c1-12-9(5-13)7-4-6(11)2-3-8(7)10/h2-4,9,12-13H,5H2,1H3/t9-/m0/s1. The van der Waals surface area contributed by atoms with Crippen molar-refractivity contribution in [2.24, 2.45) is 0 Å². The Bertz CT molecular complexity index is 289. The third-order valence-electron chi connectivity index (χ3n) is 1.86. The van der Waals surface area contributed by atoms with E-state index in [-0.39, 0.29) is 12.6 Å². The van der Waals surface area contributed by atoms with Crippen LogP contribution in [0.3, 0.4) is 0 Å². The Morgan fingerprint density at radius 1 is 1.62 bits per heavy atom. The lowest BCUT2D eigenvalue weighted by Gasteiger charge is -2.15. The molecular formula is C9H11ClINO. The van der Waals surface area contributed by atoms with E-state index in [0.717, 1.165) is 9.13 Å². The van der Waals surface area contributed by atoms with E-state index in [2.05, 4.69) is 27.9 Å². The quantitative estimate of drug-likeness (QED) is 0.839. The van der Waals surface area contributed by atoms with Crippen molar-refractivity contribution in [3.8, 4) is 0 Å². The summed E-state index contributed by atoms with van der Waals surface area (Å²) in [6.45, 7) is 0.0519. The number of aliphatic hydroxyl groups excluding tert-OH is 1. The summed E-state index contributed by atoms with van der Waals surface area (Å²) in [5, 5.41) is 12.8. The molecule has 1 rings (SSSR count). The van der Waals surface area contributed by atoms with Crippen LogP contribution >= 0.6 is 34.2 Å². The van der Waals surface area contributed by atoms with Gasteiger partial charge in [0.1, 0.15) is 0 Å². The average Bonchev–Trinajstić information content (AvgIpc) is 2.13. The maximum absolute atomic E-state index is 9.07. The average molecular weight is 312 g/mol. The molecule has 0 aliphatic carbocycles. The zero-order valence-electron chi connectivity index (χ0n) is 7.22. The second-order valence-electron chi connectivity index (χ2n) is 2.69. The monoisotopic (exact) mass is 311 g/mol. The molecule has 1 aromatic rings. The maximum atomic E-state index is 9.07. The minimum atomic E-state index is -0.0813. The van der Waals surface area contributed by atoms with Gasteiger partial charge in [0.2, 0.25) is 0 Å². The number of likely N-dealkylation sites (N-methyl/N-ethyl adjacent to an activating group) is 1. The fraction of sp³-hybridized carbons (Fsp3) is 0.333. The van der Waals surface area contributed by atoms with E-state index < -0.39 is 0 Å². The lowest BCUT2D eigenvalue weighted by molar-refractivity contribution is 0.251. The fourth-order valence-corrected chi connectivity index (χ4v) is 1.89. The topological polar surface area (TPSA) is 32.3 Å². The van der Waals surface area contributed by atoms with Gasteiger partial charge in [0, 0.05) is 8.59 Å². The van der Waals surface area contributed by atoms with Gasteiger partial charge in [-0.15, -0.1) is 0 Å². The third-order valence-corrected chi connectivity index (χ3v) is 2.88. The Labute approximate surface area is 96.4 Å². The molecule has 2 N–H and O–H groups in total. The van der Waals surface area contributed by atoms with Crippen molar-refractivity contribution < 1.29 is 5.11 Å². The van der Waals surface area contributed by atoms with Crippen LogP contribution < -0.4 is 5.32 Å². The number of hydrogen-bond donors (Lipinski definition) is 2. The first kappa shape index (κ1) is 11.2. The molecular weight excluding hydrogens is 300 g/mol. The van der Waals surface area contributed by atoms with Crippen LogP contribution in [0.25, 0.3) is 0 Å². The molecule has 13 heavy (non-hydrogen) atoms. The first-order valence-corrected chi connectivity index (χ1v) is 5.37. The van der Waals surface area contributed by atoms with Gasteiger partial charge in [-0.25, -0.2) is 0 Å². The van der Waals surface area contributed by atoms with E-state index in [1.54, 1.807) is 7.05 Å². The Hall–Kier alpha value is 0.160. The maximum Gasteiger partial charge on any atom is 0.0626 e. The van der Waals surface area contributed by atoms with Crippen LogP contribution in [-0.4, -0.2) is 18.8 Å². The van der Waals surface area contributed by atoms with Crippen molar-refractivity contribution in [3.05, 3.63) is 32.4 Å². The molecule has 0 saturated heterocycles. The van der Waals surface area contributed by atoms with Gasteiger partial charge in [0.15, 0.2) is 0 Å². The van der Waals surface area contributed by atoms with Gasteiger partial charge in [-0.1, -0.05) is 11.6 Å². The highest BCUT2D eigenvalue weighted by Crippen LogP contribution is 2.24. The largest absolute Gasteiger partial charge is 0.394 e. The van der Waals surface area contributed by atoms with Crippen molar-refractivity contribution in [2.75, 3.05) is 13.7 Å². The molecule has 1 aromatic carbocycles. The molecule has 0 aliphatic rings. The van der Waals surface area contributed by atoms with Crippen LogP contribution in [0.4, 0.5) is 0 Å². The Balaban J connectivity index is 3.03. The molecule has 72 valence electrons. The summed E-state index contributed by atoms with van der Waals surface area (Å²) in [5.74, 6) is 0. The van der Waals surface area contributed by atoms with E-state index in [4.69, 9.17) is 16.7 Å². The lowest BCUT2D eigenvalue weighted by atomic mass is 10.1. The highest BCUT2D eigenvalue weighted by atomic mass is 127. The molecule has 0 bridgehead atoms. The normalized spacial score (nSPS) is 12.9. The summed E-state index contributed by atoms with van der Waals surface area (Å²) >= 11 is 8.21. The molecule has 1 atom stereocenters. The number of benzene rings is 1. The van der Waals surface area contributed by atoms with Gasteiger partial charge in [-0.3, -0.25) is 0 Å². The number of hydrogen-bond acceptors (Lipinski definition) is 2. The zero-order valence-corrected chi connectivity index (χ0v) is 10.1. The van der Waals surface area contributed by atoms with Crippen LogP contribution in [0, 0.1) is 3.57 Å².